The monoisotopic (exact) mass is 393 g/mol. The van der Waals surface area contributed by atoms with Gasteiger partial charge in [-0.3, -0.25) is 14.9 Å². The van der Waals surface area contributed by atoms with Gasteiger partial charge in [-0.2, -0.15) is 10.2 Å². The van der Waals surface area contributed by atoms with Crippen LogP contribution >= 0.6 is 0 Å². The summed E-state index contributed by atoms with van der Waals surface area (Å²) in [6.45, 7) is 6.44. The van der Waals surface area contributed by atoms with Gasteiger partial charge in [0.05, 0.1) is 25.8 Å². The molecule has 1 N–H and O–H groups in total. The highest BCUT2D eigenvalue weighted by molar-refractivity contribution is 5.94. The van der Waals surface area contributed by atoms with Crippen molar-refractivity contribution in [3.8, 4) is 11.4 Å². The molecule has 0 bridgehead atoms. The Morgan fingerprint density at radius 2 is 2.24 bits per heavy atom. The number of fused-ring (bicyclic) bond motifs is 2. The number of carbonyl (C=O) groups excluding carboxylic acids is 1. The molecule has 150 valence electrons. The molecule has 1 atom stereocenters. The Hall–Kier alpha value is -3.07. The van der Waals surface area contributed by atoms with Crippen molar-refractivity contribution in [1.29, 1.82) is 0 Å². The zero-order valence-corrected chi connectivity index (χ0v) is 16.5. The number of amides is 1. The second kappa shape index (κ2) is 7.07. The number of H-pyrrole nitrogens is 1. The van der Waals surface area contributed by atoms with Crippen LogP contribution in [0.5, 0.6) is 0 Å². The number of hydrogen-bond acceptors (Lipinski definition) is 6. The maximum atomic E-state index is 13.5. The Bertz CT molecular complexity index is 1040. The van der Waals surface area contributed by atoms with Crippen molar-refractivity contribution >= 4 is 5.91 Å². The number of rotatable bonds is 3. The molecule has 2 aliphatic heterocycles. The molecule has 5 heterocycles. The highest BCUT2D eigenvalue weighted by Crippen LogP contribution is 2.34. The molecule has 5 rings (SSSR count). The van der Waals surface area contributed by atoms with Gasteiger partial charge in [-0.15, -0.1) is 0 Å². The van der Waals surface area contributed by atoms with Crippen LogP contribution in [0.4, 0.5) is 0 Å². The molecular formula is C20H23N7O2. The number of pyridine rings is 1. The van der Waals surface area contributed by atoms with Crippen molar-refractivity contribution in [2.45, 2.75) is 39.5 Å². The van der Waals surface area contributed by atoms with Gasteiger partial charge in [-0.1, -0.05) is 13.8 Å². The van der Waals surface area contributed by atoms with E-state index in [-0.39, 0.29) is 17.9 Å². The van der Waals surface area contributed by atoms with Gasteiger partial charge in [0.25, 0.3) is 5.91 Å². The maximum absolute atomic E-state index is 13.5. The molecule has 0 spiro atoms. The first-order valence-electron chi connectivity index (χ1n) is 9.93. The van der Waals surface area contributed by atoms with Crippen LogP contribution in [0.1, 0.15) is 47.5 Å². The van der Waals surface area contributed by atoms with Gasteiger partial charge in [-0.05, 0) is 18.1 Å². The Morgan fingerprint density at radius 3 is 3.03 bits per heavy atom. The standard InChI is InChI=1S/C20H23N7O2/c1-12(2)17-19-22-18(13-4-3-6-21-10-13)25-27(19)8-7-26(17)20(28)16-14-11-29-9-5-15(14)23-24-16/h3-4,6,10,12,17H,5,7-9,11H2,1-2H3,(H,23,24)/t17-/m1/s1. The molecule has 0 radical (unpaired) electrons. The predicted molar refractivity (Wildman–Crippen MR) is 104 cm³/mol. The Labute approximate surface area is 168 Å². The third-order valence-corrected chi connectivity index (χ3v) is 5.56. The van der Waals surface area contributed by atoms with Gasteiger partial charge in [0, 0.05) is 42.2 Å². The summed E-state index contributed by atoms with van der Waals surface area (Å²) < 4.78 is 7.47. The average molecular weight is 393 g/mol. The van der Waals surface area contributed by atoms with E-state index in [0.717, 1.165) is 29.1 Å². The molecule has 3 aromatic rings. The maximum Gasteiger partial charge on any atom is 0.275 e. The van der Waals surface area contributed by atoms with Crippen LogP contribution in [-0.4, -0.2) is 53.9 Å². The summed E-state index contributed by atoms with van der Waals surface area (Å²) in [6, 6.07) is 3.64. The van der Waals surface area contributed by atoms with Gasteiger partial charge in [0.15, 0.2) is 17.3 Å². The summed E-state index contributed by atoms with van der Waals surface area (Å²) in [6.07, 6.45) is 4.24. The van der Waals surface area contributed by atoms with Crippen LogP contribution in [0.3, 0.4) is 0 Å². The fourth-order valence-corrected chi connectivity index (χ4v) is 4.15. The van der Waals surface area contributed by atoms with E-state index < -0.39 is 0 Å². The number of ether oxygens (including phenoxy) is 1. The predicted octanol–water partition coefficient (Wildman–Crippen LogP) is 1.99. The Morgan fingerprint density at radius 1 is 1.34 bits per heavy atom. The highest BCUT2D eigenvalue weighted by Gasteiger charge is 2.38. The van der Waals surface area contributed by atoms with Crippen LogP contribution in [0.2, 0.25) is 0 Å². The molecular weight excluding hydrogens is 370 g/mol. The van der Waals surface area contributed by atoms with Crippen LogP contribution < -0.4 is 0 Å². The van der Waals surface area contributed by atoms with Gasteiger partial charge >= 0.3 is 0 Å². The zero-order chi connectivity index (χ0) is 20.0. The van der Waals surface area contributed by atoms with Crippen molar-refractivity contribution in [1.82, 2.24) is 34.8 Å². The summed E-state index contributed by atoms with van der Waals surface area (Å²) in [5.74, 6) is 1.54. The second-order valence-corrected chi connectivity index (χ2v) is 7.78. The minimum atomic E-state index is -0.175. The van der Waals surface area contributed by atoms with Crippen molar-refractivity contribution in [2.24, 2.45) is 5.92 Å². The lowest BCUT2D eigenvalue weighted by atomic mass is 9.98. The van der Waals surface area contributed by atoms with Gasteiger partial charge in [0.2, 0.25) is 0 Å². The van der Waals surface area contributed by atoms with Crippen molar-refractivity contribution < 1.29 is 9.53 Å². The lowest BCUT2D eigenvalue weighted by Gasteiger charge is -2.37. The van der Waals surface area contributed by atoms with E-state index in [4.69, 9.17) is 9.72 Å². The molecule has 9 nitrogen and oxygen atoms in total. The largest absolute Gasteiger partial charge is 0.376 e. The third kappa shape index (κ3) is 3.02. The molecule has 2 aliphatic rings. The summed E-state index contributed by atoms with van der Waals surface area (Å²) >= 11 is 0. The van der Waals surface area contributed by atoms with Crippen LogP contribution in [0, 0.1) is 5.92 Å². The van der Waals surface area contributed by atoms with Gasteiger partial charge in [-0.25, -0.2) is 9.67 Å². The molecule has 1 amide bonds. The molecule has 0 unspecified atom stereocenters. The second-order valence-electron chi connectivity index (χ2n) is 7.78. The summed E-state index contributed by atoms with van der Waals surface area (Å²) in [4.78, 5) is 24.3. The van der Waals surface area contributed by atoms with Crippen LogP contribution in [0.25, 0.3) is 11.4 Å². The van der Waals surface area contributed by atoms with E-state index in [9.17, 15) is 4.79 Å². The van der Waals surface area contributed by atoms with Crippen molar-refractivity contribution in [3.63, 3.8) is 0 Å². The first-order valence-corrected chi connectivity index (χ1v) is 9.93. The molecule has 0 aromatic carbocycles. The van der Waals surface area contributed by atoms with Crippen LogP contribution in [0.15, 0.2) is 24.5 Å². The van der Waals surface area contributed by atoms with E-state index in [2.05, 4.69) is 34.1 Å². The first kappa shape index (κ1) is 18.0. The minimum Gasteiger partial charge on any atom is -0.376 e. The van der Waals surface area contributed by atoms with Gasteiger partial charge < -0.3 is 9.64 Å². The van der Waals surface area contributed by atoms with Crippen molar-refractivity contribution in [3.05, 3.63) is 47.3 Å². The molecule has 0 saturated heterocycles. The fourth-order valence-electron chi connectivity index (χ4n) is 4.15. The fraction of sp³-hybridized carbons (Fsp3) is 0.450. The molecule has 29 heavy (non-hydrogen) atoms. The SMILES string of the molecule is CC(C)[C@@H]1c2nc(-c3cccnc3)nn2CCN1C(=O)c1n[nH]c2c1COCC2. The molecule has 0 fully saturated rings. The smallest absolute Gasteiger partial charge is 0.275 e. The Kier molecular flexibility index (Phi) is 4.39. The molecule has 0 aliphatic carbocycles. The average Bonchev–Trinajstić information content (AvgIpc) is 3.37. The number of nitrogens with one attached hydrogen (secondary N) is 1. The van der Waals surface area contributed by atoms with E-state index in [0.29, 0.717) is 37.8 Å². The number of carbonyl (C=O) groups is 1. The summed E-state index contributed by atoms with van der Waals surface area (Å²) in [7, 11) is 0. The number of nitrogens with zero attached hydrogens (tertiary/aromatic N) is 6. The number of aromatic nitrogens is 6. The lowest BCUT2D eigenvalue weighted by Crippen LogP contribution is -2.45. The number of hydrogen-bond donors (Lipinski definition) is 1. The molecule has 3 aromatic heterocycles. The van der Waals surface area contributed by atoms with Gasteiger partial charge in [0.1, 0.15) is 0 Å². The summed E-state index contributed by atoms with van der Waals surface area (Å²) in [5.41, 5.74) is 3.21. The Balaban J connectivity index is 1.51. The number of aromatic amines is 1. The van der Waals surface area contributed by atoms with E-state index >= 15 is 0 Å². The lowest BCUT2D eigenvalue weighted by molar-refractivity contribution is 0.0522. The summed E-state index contributed by atoms with van der Waals surface area (Å²) in [5, 5.41) is 12.0. The zero-order valence-electron chi connectivity index (χ0n) is 16.5. The van der Waals surface area contributed by atoms with E-state index in [1.165, 1.54) is 0 Å². The van der Waals surface area contributed by atoms with E-state index in [1.54, 1.807) is 12.4 Å². The normalized spacial score (nSPS) is 18.6. The first-order chi connectivity index (χ1) is 14.1. The quantitative estimate of drug-likeness (QED) is 0.730. The van der Waals surface area contributed by atoms with E-state index in [1.807, 2.05) is 21.7 Å². The third-order valence-electron chi connectivity index (χ3n) is 5.56. The molecule has 0 saturated carbocycles. The minimum absolute atomic E-state index is 0.0797. The topological polar surface area (TPSA) is 102 Å². The van der Waals surface area contributed by atoms with Crippen molar-refractivity contribution in [2.75, 3.05) is 13.2 Å². The highest BCUT2D eigenvalue weighted by atomic mass is 16.5. The van der Waals surface area contributed by atoms with Crippen LogP contribution in [-0.2, 0) is 24.3 Å². The molecule has 9 heteroatoms.